The second-order valence-electron chi connectivity index (χ2n) is 5.95. The van der Waals surface area contributed by atoms with Gasteiger partial charge in [-0.05, 0) is 37.1 Å². The van der Waals surface area contributed by atoms with Gasteiger partial charge >= 0.3 is 0 Å². The highest BCUT2D eigenvalue weighted by Crippen LogP contribution is 2.17. The van der Waals surface area contributed by atoms with Gasteiger partial charge in [-0.2, -0.15) is 5.10 Å². The molecule has 0 amide bonds. The van der Waals surface area contributed by atoms with Crippen LogP contribution in [0.25, 0.3) is 0 Å². The molecule has 24 heavy (non-hydrogen) atoms. The Bertz CT molecular complexity index is 738. The Kier molecular flexibility index (Phi) is 5.42. The number of nitrogens with zero attached hydrogens (tertiary/aromatic N) is 3. The molecule has 0 spiro atoms. The topological polar surface area (TPSA) is 75.2 Å². The maximum absolute atomic E-state index is 12.3. The van der Waals surface area contributed by atoms with Crippen molar-refractivity contribution in [1.82, 2.24) is 15.5 Å². The minimum Gasteiger partial charge on any atom is -0.354 e. The van der Waals surface area contributed by atoms with Crippen LogP contribution in [0.4, 0.5) is 5.82 Å². The molecular formula is C17H22N4O2S. The van der Waals surface area contributed by atoms with Crippen molar-refractivity contribution in [2.75, 3.05) is 30.3 Å². The van der Waals surface area contributed by atoms with Crippen LogP contribution in [0.3, 0.4) is 0 Å². The number of hydrogen-bond acceptors (Lipinski definition) is 6. The third kappa shape index (κ3) is 4.30. The third-order valence-electron chi connectivity index (χ3n) is 4.21. The van der Waals surface area contributed by atoms with Crippen molar-refractivity contribution in [2.24, 2.45) is 0 Å². The summed E-state index contributed by atoms with van der Waals surface area (Å²) in [5, 5.41) is 11.4. The van der Waals surface area contributed by atoms with Crippen LogP contribution in [-0.2, 0) is 9.84 Å². The molecule has 1 saturated heterocycles. The Labute approximate surface area is 142 Å². The fraction of sp³-hybridized carbons (Fsp3) is 0.412. The monoisotopic (exact) mass is 346 g/mol. The highest BCUT2D eigenvalue weighted by atomic mass is 32.2. The minimum absolute atomic E-state index is 0.110. The number of piperidine rings is 1. The number of benzene rings is 1. The first-order valence-electron chi connectivity index (χ1n) is 8.19. The van der Waals surface area contributed by atoms with Gasteiger partial charge in [-0.25, -0.2) is 8.42 Å². The van der Waals surface area contributed by atoms with Crippen LogP contribution in [0.1, 0.15) is 12.8 Å². The fourth-order valence-electron chi connectivity index (χ4n) is 2.96. The Balaban J connectivity index is 1.52. The Morgan fingerprint density at radius 3 is 2.75 bits per heavy atom. The van der Waals surface area contributed by atoms with Gasteiger partial charge in [-0.15, -0.1) is 5.10 Å². The van der Waals surface area contributed by atoms with Crippen molar-refractivity contribution in [2.45, 2.75) is 23.8 Å². The fourth-order valence-corrected chi connectivity index (χ4v) is 4.15. The second kappa shape index (κ2) is 7.72. The van der Waals surface area contributed by atoms with Crippen molar-refractivity contribution in [1.29, 1.82) is 0 Å². The Morgan fingerprint density at radius 1 is 1.17 bits per heavy atom. The number of aromatic nitrogens is 2. The summed E-state index contributed by atoms with van der Waals surface area (Å²) in [5.74, 6) is 0.986. The van der Waals surface area contributed by atoms with Crippen LogP contribution in [0.2, 0.25) is 0 Å². The summed E-state index contributed by atoms with van der Waals surface area (Å²) in [6.45, 7) is 2.24. The van der Waals surface area contributed by atoms with E-state index in [1.165, 1.54) is 0 Å². The van der Waals surface area contributed by atoms with Crippen molar-refractivity contribution < 1.29 is 8.42 Å². The molecule has 6 nitrogen and oxygen atoms in total. The lowest BCUT2D eigenvalue weighted by molar-refractivity contribution is 0.428. The lowest BCUT2D eigenvalue weighted by Gasteiger charge is -2.33. The summed E-state index contributed by atoms with van der Waals surface area (Å²) in [7, 11) is -3.23. The zero-order chi connectivity index (χ0) is 16.8. The molecule has 0 bridgehead atoms. The predicted octanol–water partition coefficient (Wildman–Crippen LogP) is 1.51. The third-order valence-corrected chi connectivity index (χ3v) is 5.94. The molecule has 7 heteroatoms. The van der Waals surface area contributed by atoms with Crippen LogP contribution >= 0.6 is 0 Å². The molecule has 1 fully saturated rings. The number of hydrogen-bond donors (Lipinski definition) is 1. The molecule has 1 N–H and O–H groups in total. The van der Waals surface area contributed by atoms with Gasteiger partial charge in [-0.3, -0.25) is 0 Å². The molecule has 1 aliphatic heterocycles. The molecule has 2 aromatic rings. The van der Waals surface area contributed by atoms with E-state index in [1.54, 1.807) is 30.5 Å². The first-order valence-corrected chi connectivity index (χ1v) is 9.84. The summed E-state index contributed by atoms with van der Waals surface area (Å²) in [4.78, 5) is 2.58. The molecule has 128 valence electrons. The first kappa shape index (κ1) is 16.9. The van der Waals surface area contributed by atoms with E-state index in [2.05, 4.69) is 20.4 Å². The normalized spacial score (nSPS) is 18.5. The highest BCUT2D eigenvalue weighted by molar-refractivity contribution is 7.91. The zero-order valence-electron chi connectivity index (χ0n) is 13.5. The highest BCUT2D eigenvalue weighted by Gasteiger charge is 2.21. The van der Waals surface area contributed by atoms with Crippen LogP contribution in [0.15, 0.2) is 53.6 Å². The van der Waals surface area contributed by atoms with Crippen LogP contribution < -0.4 is 10.2 Å². The van der Waals surface area contributed by atoms with Gasteiger partial charge < -0.3 is 10.2 Å². The van der Waals surface area contributed by atoms with Gasteiger partial charge in [0, 0.05) is 31.9 Å². The second-order valence-corrected chi connectivity index (χ2v) is 8.06. The van der Waals surface area contributed by atoms with Gasteiger partial charge in [0.2, 0.25) is 0 Å². The van der Waals surface area contributed by atoms with Crippen molar-refractivity contribution in [3.63, 3.8) is 0 Å². The van der Waals surface area contributed by atoms with E-state index in [0.717, 1.165) is 31.7 Å². The predicted molar refractivity (Wildman–Crippen MR) is 93.8 cm³/mol. The van der Waals surface area contributed by atoms with Crippen LogP contribution in [0.5, 0.6) is 0 Å². The molecule has 1 atom stereocenters. The van der Waals surface area contributed by atoms with E-state index < -0.39 is 9.84 Å². The molecule has 1 aromatic carbocycles. The van der Waals surface area contributed by atoms with Gasteiger partial charge in [0.15, 0.2) is 15.7 Å². The van der Waals surface area contributed by atoms with Gasteiger partial charge in [0.25, 0.3) is 0 Å². The largest absolute Gasteiger partial charge is 0.354 e. The summed E-state index contributed by atoms with van der Waals surface area (Å²) in [6.07, 6.45) is 3.76. The Morgan fingerprint density at radius 2 is 2.00 bits per heavy atom. The number of nitrogens with one attached hydrogen (secondary N) is 1. The van der Waals surface area contributed by atoms with Gasteiger partial charge in [0.1, 0.15) is 0 Å². The molecule has 0 aliphatic carbocycles. The Hall–Kier alpha value is -1.99. The van der Waals surface area contributed by atoms with E-state index in [9.17, 15) is 8.42 Å². The molecule has 1 aromatic heterocycles. The van der Waals surface area contributed by atoms with E-state index in [0.29, 0.717) is 11.4 Å². The van der Waals surface area contributed by atoms with Gasteiger partial charge in [-0.1, -0.05) is 18.2 Å². The standard InChI is InChI=1S/C17H22N4O2S/c22-24(23,16-7-2-1-3-8-16)13-11-18-15-6-5-12-21(14-15)17-9-4-10-19-20-17/h1-4,7-10,15,18H,5-6,11-14H2/t15-/m1/s1. The average molecular weight is 346 g/mol. The molecule has 0 radical (unpaired) electrons. The summed E-state index contributed by atoms with van der Waals surface area (Å²) >= 11 is 0. The van der Waals surface area contributed by atoms with E-state index >= 15 is 0 Å². The molecular weight excluding hydrogens is 324 g/mol. The zero-order valence-corrected chi connectivity index (χ0v) is 14.3. The first-order chi connectivity index (χ1) is 11.6. The molecule has 2 heterocycles. The summed E-state index contributed by atoms with van der Waals surface area (Å²) in [5.41, 5.74) is 0. The molecule has 0 unspecified atom stereocenters. The summed E-state index contributed by atoms with van der Waals surface area (Å²) < 4.78 is 24.6. The lowest BCUT2D eigenvalue weighted by Crippen LogP contribution is -2.47. The van der Waals surface area contributed by atoms with Gasteiger partial charge in [0.05, 0.1) is 10.6 Å². The SMILES string of the molecule is O=S(=O)(CCN[C@@H]1CCCN(c2cccnn2)C1)c1ccccc1. The van der Waals surface area contributed by atoms with Crippen molar-refractivity contribution >= 4 is 15.7 Å². The maximum Gasteiger partial charge on any atom is 0.179 e. The smallest absolute Gasteiger partial charge is 0.179 e. The average Bonchev–Trinajstić information content (AvgIpc) is 2.63. The number of rotatable bonds is 6. The molecule has 3 rings (SSSR count). The van der Waals surface area contributed by atoms with E-state index in [4.69, 9.17) is 0 Å². The number of sulfone groups is 1. The van der Waals surface area contributed by atoms with E-state index in [-0.39, 0.29) is 11.8 Å². The quantitative estimate of drug-likeness (QED) is 0.854. The van der Waals surface area contributed by atoms with Crippen LogP contribution in [0, 0.1) is 0 Å². The lowest BCUT2D eigenvalue weighted by atomic mass is 10.1. The minimum atomic E-state index is -3.23. The summed E-state index contributed by atoms with van der Waals surface area (Å²) in [6, 6.07) is 12.7. The van der Waals surface area contributed by atoms with Crippen molar-refractivity contribution in [3.8, 4) is 0 Å². The van der Waals surface area contributed by atoms with Crippen molar-refractivity contribution in [3.05, 3.63) is 48.7 Å². The number of anilines is 1. The molecule has 1 aliphatic rings. The maximum atomic E-state index is 12.3. The van der Waals surface area contributed by atoms with E-state index in [1.807, 2.05) is 18.2 Å². The molecule has 0 saturated carbocycles. The van der Waals surface area contributed by atoms with Crippen LogP contribution in [-0.4, -0.2) is 50.0 Å².